The van der Waals surface area contributed by atoms with Crippen molar-refractivity contribution < 1.29 is 14.6 Å². The Labute approximate surface area is 124 Å². The Morgan fingerprint density at radius 2 is 2.38 bits per heavy atom. The standard InChI is InChI=1S/C16H20N2O3/c1-12-4-5-15(13(9-12)3-2-6-17)16(20)18-7-8-21-14(10-18)11-19/h4-5,9,14,19H,6-8,10-11,17H2,1H3. The molecule has 1 saturated heterocycles. The summed E-state index contributed by atoms with van der Waals surface area (Å²) in [5.41, 5.74) is 7.71. The number of morpholine rings is 1. The number of carbonyl (C=O) groups excluding carboxylic acids is 1. The molecule has 1 atom stereocenters. The Hall–Kier alpha value is -1.87. The number of rotatable bonds is 2. The fraction of sp³-hybridized carbons (Fsp3) is 0.438. The Balaban J connectivity index is 2.26. The number of aryl methyl sites for hydroxylation is 1. The second-order valence-electron chi connectivity index (χ2n) is 4.98. The second kappa shape index (κ2) is 7.23. The molecule has 5 nitrogen and oxygen atoms in total. The van der Waals surface area contributed by atoms with Crippen LogP contribution in [0.5, 0.6) is 0 Å². The van der Waals surface area contributed by atoms with Crippen molar-refractivity contribution in [1.29, 1.82) is 0 Å². The third kappa shape index (κ3) is 3.82. The Bertz CT molecular complexity index is 575. The van der Waals surface area contributed by atoms with Crippen molar-refractivity contribution in [3.8, 4) is 11.8 Å². The molecule has 1 fully saturated rings. The number of hydrogen-bond acceptors (Lipinski definition) is 4. The van der Waals surface area contributed by atoms with E-state index in [-0.39, 0.29) is 25.2 Å². The molecule has 0 spiro atoms. The third-order valence-corrected chi connectivity index (χ3v) is 3.36. The summed E-state index contributed by atoms with van der Waals surface area (Å²) in [6.07, 6.45) is -0.313. The number of nitrogens with zero attached hydrogens (tertiary/aromatic N) is 1. The zero-order valence-electron chi connectivity index (χ0n) is 12.1. The van der Waals surface area contributed by atoms with Gasteiger partial charge in [-0.2, -0.15) is 0 Å². The molecule has 0 radical (unpaired) electrons. The number of aliphatic hydroxyl groups excluding tert-OH is 1. The van der Waals surface area contributed by atoms with Crippen LogP contribution in [0, 0.1) is 18.8 Å². The SMILES string of the molecule is Cc1ccc(C(=O)N2CCOC(CO)C2)c(C#CCN)c1. The van der Waals surface area contributed by atoms with E-state index in [1.165, 1.54) is 0 Å². The summed E-state index contributed by atoms with van der Waals surface area (Å²) < 4.78 is 5.37. The molecule has 3 N–H and O–H groups in total. The third-order valence-electron chi connectivity index (χ3n) is 3.36. The average molecular weight is 288 g/mol. The molecule has 2 rings (SSSR count). The van der Waals surface area contributed by atoms with Crippen molar-refractivity contribution in [3.05, 3.63) is 34.9 Å². The van der Waals surface area contributed by atoms with E-state index in [2.05, 4.69) is 11.8 Å². The van der Waals surface area contributed by atoms with Crippen LogP contribution >= 0.6 is 0 Å². The van der Waals surface area contributed by atoms with Crippen molar-refractivity contribution in [2.75, 3.05) is 32.8 Å². The average Bonchev–Trinajstić information content (AvgIpc) is 2.52. The number of aliphatic hydroxyl groups is 1. The normalized spacial score (nSPS) is 18.0. The smallest absolute Gasteiger partial charge is 0.255 e. The van der Waals surface area contributed by atoms with Crippen LogP contribution in [0.1, 0.15) is 21.5 Å². The molecule has 21 heavy (non-hydrogen) atoms. The van der Waals surface area contributed by atoms with Crippen LogP contribution in [0.15, 0.2) is 18.2 Å². The summed E-state index contributed by atoms with van der Waals surface area (Å²) in [4.78, 5) is 14.3. The maximum Gasteiger partial charge on any atom is 0.255 e. The van der Waals surface area contributed by atoms with Crippen molar-refractivity contribution >= 4 is 5.91 Å². The van der Waals surface area contributed by atoms with E-state index in [0.717, 1.165) is 5.56 Å². The molecule has 0 aliphatic carbocycles. The highest BCUT2D eigenvalue weighted by Gasteiger charge is 2.25. The first-order valence-electron chi connectivity index (χ1n) is 6.97. The Morgan fingerprint density at radius 3 is 3.10 bits per heavy atom. The van der Waals surface area contributed by atoms with Crippen molar-refractivity contribution in [2.45, 2.75) is 13.0 Å². The molecule has 1 aromatic carbocycles. The number of ether oxygens (including phenoxy) is 1. The van der Waals surface area contributed by atoms with E-state index in [4.69, 9.17) is 15.6 Å². The molecule has 0 bridgehead atoms. The molecule has 1 amide bonds. The molecule has 1 unspecified atom stereocenters. The van der Waals surface area contributed by atoms with Gasteiger partial charge >= 0.3 is 0 Å². The van der Waals surface area contributed by atoms with E-state index in [0.29, 0.717) is 30.8 Å². The monoisotopic (exact) mass is 288 g/mol. The Morgan fingerprint density at radius 1 is 1.57 bits per heavy atom. The first-order chi connectivity index (χ1) is 10.2. The molecule has 1 heterocycles. The molecule has 1 aliphatic heterocycles. The van der Waals surface area contributed by atoms with E-state index in [1.54, 1.807) is 11.0 Å². The fourth-order valence-electron chi connectivity index (χ4n) is 2.28. The predicted octanol–water partition coefficient (Wildman–Crippen LogP) is 0.139. The van der Waals surface area contributed by atoms with Crippen LogP contribution in [-0.4, -0.2) is 54.9 Å². The lowest BCUT2D eigenvalue weighted by molar-refractivity contribution is -0.0447. The van der Waals surface area contributed by atoms with Gasteiger partial charge in [0.15, 0.2) is 0 Å². The van der Waals surface area contributed by atoms with Gasteiger partial charge in [0, 0.05) is 18.7 Å². The molecular formula is C16H20N2O3. The maximum absolute atomic E-state index is 12.6. The van der Waals surface area contributed by atoms with E-state index >= 15 is 0 Å². The molecular weight excluding hydrogens is 268 g/mol. The lowest BCUT2D eigenvalue weighted by Gasteiger charge is -2.32. The highest BCUT2D eigenvalue weighted by molar-refractivity contribution is 5.97. The van der Waals surface area contributed by atoms with Gasteiger partial charge in [0.25, 0.3) is 5.91 Å². The van der Waals surface area contributed by atoms with Gasteiger partial charge in [-0.25, -0.2) is 0 Å². The summed E-state index contributed by atoms with van der Waals surface area (Å²) in [7, 11) is 0. The number of benzene rings is 1. The van der Waals surface area contributed by atoms with Gasteiger partial charge in [0.1, 0.15) is 0 Å². The quantitative estimate of drug-likeness (QED) is 0.759. The molecule has 0 saturated carbocycles. The minimum atomic E-state index is -0.313. The van der Waals surface area contributed by atoms with Crippen LogP contribution < -0.4 is 5.73 Å². The van der Waals surface area contributed by atoms with Crippen LogP contribution in [0.2, 0.25) is 0 Å². The molecule has 1 aliphatic rings. The lowest BCUT2D eigenvalue weighted by Crippen LogP contribution is -2.47. The van der Waals surface area contributed by atoms with Crippen molar-refractivity contribution in [1.82, 2.24) is 4.90 Å². The van der Waals surface area contributed by atoms with Crippen LogP contribution in [0.25, 0.3) is 0 Å². The van der Waals surface area contributed by atoms with E-state index < -0.39 is 0 Å². The Kier molecular flexibility index (Phi) is 5.34. The minimum absolute atomic E-state index is 0.0851. The minimum Gasteiger partial charge on any atom is -0.394 e. The maximum atomic E-state index is 12.6. The zero-order valence-corrected chi connectivity index (χ0v) is 12.1. The van der Waals surface area contributed by atoms with Crippen LogP contribution in [-0.2, 0) is 4.74 Å². The van der Waals surface area contributed by atoms with Gasteiger partial charge < -0.3 is 20.5 Å². The van der Waals surface area contributed by atoms with Crippen LogP contribution in [0.4, 0.5) is 0 Å². The van der Waals surface area contributed by atoms with Crippen molar-refractivity contribution in [3.63, 3.8) is 0 Å². The first kappa shape index (κ1) is 15.5. The second-order valence-corrected chi connectivity index (χ2v) is 4.98. The highest BCUT2D eigenvalue weighted by Crippen LogP contribution is 2.16. The van der Waals surface area contributed by atoms with Crippen LogP contribution in [0.3, 0.4) is 0 Å². The summed E-state index contributed by atoms with van der Waals surface area (Å²) in [6, 6.07) is 5.58. The van der Waals surface area contributed by atoms with E-state index in [9.17, 15) is 4.79 Å². The van der Waals surface area contributed by atoms with Gasteiger partial charge in [-0.3, -0.25) is 4.79 Å². The topological polar surface area (TPSA) is 75.8 Å². The molecule has 1 aromatic rings. The summed E-state index contributed by atoms with van der Waals surface area (Å²) >= 11 is 0. The van der Waals surface area contributed by atoms with Gasteiger partial charge in [-0.1, -0.05) is 17.9 Å². The largest absolute Gasteiger partial charge is 0.394 e. The predicted molar refractivity (Wildman–Crippen MR) is 79.8 cm³/mol. The zero-order chi connectivity index (χ0) is 15.2. The number of nitrogens with two attached hydrogens (primary N) is 1. The van der Waals surface area contributed by atoms with Gasteiger partial charge in [0.05, 0.1) is 31.4 Å². The summed E-state index contributed by atoms with van der Waals surface area (Å²) in [5.74, 6) is 5.66. The number of carbonyl (C=O) groups is 1. The highest BCUT2D eigenvalue weighted by atomic mass is 16.5. The van der Waals surface area contributed by atoms with Gasteiger partial charge in [-0.05, 0) is 24.6 Å². The number of hydrogen-bond donors (Lipinski definition) is 2. The summed E-state index contributed by atoms with van der Waals surface area (Å²) in [6.45, 7) is 3.48. The molecule has 0 aromatic heterocycles. The van der Waals surface area contributed by atoms with Crippen molar-refractivity contribution in [2.24, 2.45) is 5.73 Å². The fourth-order valence-corrected chi connectivity index (χ4v) is 2.28. The lowest BCUT2D eigenvalue weighted by atomic mass is 10.0. The molecule has 5 heteroatoms. The van der Waals surface area contributed by atoms with Gasteiger partial charge in [-0.15, -0.1) is 0 Å². The van der Waals surface area contributed by atoms with E-state index in [1.807, 2.05) is 19.1 Å². The molecule has 112 valence electrons. The number of amides is 1. The first-order valence-corrected chi connectivity index (χ1v) is 6.97. The van der Waals surface area contributed by atoms with Gasteiger partial charge in [0.2, 0.25) is 0 Å². The summed E-state index contributed by atoms with van der Waals surface area (Å²) in [5, 5.41) is 9.17.